The summed E-state index contributed by atoms with van der Waals surface area (Å²) in [6.45, 7) is 0.00243. The summed E-state index contributed by atoms with van der Waals surface area (Å²) < 4.78 is 58.4. The predicted molar refractivity (Wildman–Crippen MR) is 101 cm³/mol. The molecule has 0 radical (unpaired) electrons. The van der Waals surface area contributed by atoms with E-state index in [2.05, 4.69) is 15.3 Å². The molecule has 3 aromatic rings. The molecule has 0 aliphatic heterocycles. The van der Waals surface area contributed by atoms with E-state index in [9.17, 15) is 22.7 Å². The highest BCUT2D eigenvalue weighted by Gasteiger charge is 2.34. The van der Waals surface area contributed by atoms with Gasteiger partial charge in [0.05, 0.1) is 6.61 Å². The van der Waals surface area contributed by atoms with Crippen LogP contribution in [0.3, 0.4) is 0 Å². The van der Waals surface area contributed by atoms with E-state index in [0.717, 1.165) is 12.3 Å². The Hall–Kier alpha value is -2.78. The van der Waals surface area contributed by atoms with Crippen LogP contribution in [-0.4, -0.2) is 27.2 Å². The minimum atomic E-state index is -4.52. The van der Waals surface area contributed by atoms with Gasteiger partial charge in [0.25, 0.3) is 0 Å². The Morgan fingerprint density at radius 3 is 2.67 bits per heavy atom. The maximum atomic E-state index is 14.5. The molecule has 1 aliphatic rings. The molecule has 1 aromatic carbocycles. The summed E-state index contributed by atoms with van der Waals surface area (Å²) in [7, 11) is 0. The Bertz CT molecular complexity index is 1050. The highest BCUT2D eigenvalue weighted by atomic mass is 19.4. The molecule has 5 nitrogen and oxygen atoms in total. The van der Waals surface area contributed by atoms with Crippen molar-refractivity contribution in [1.29, 1.82) is 0 Å². The van der Waals surface area contributed by atoms with Crippen LogP contribution in [0.4, 0.5) is 17.6 Å². The lowest BCUT2D eigenvalue weighted by atomic mass is 9.88. The number of pyridine rings is 2. The van der Waals surface area contributed by atoms with E-state index in [-0.39, 0.29) is 31.0 Å². The quantitative estimate of drug-likeness (QED) is 0.590. The first kappa shape index (κ1) is 20.5. The van der Waals surface area contributed by atoms with Gasteiger partial charge in [-0.25, -0.2) is 4.39 Å². The summed E-state index contributed by atoms with van der Waals surface area (Å²) in [6.07, 6.45) is 0.708. The van der Waals surface area contributed by atoms with Crippen LogP contribution in [0, 0.1) is 5.82 Å². The molecular formula is C21H19F4N3O2. The highest BCUT2D eigenvalue weighted by Crippen LogP contribution is 2.32. The number of nitrogens with one attached hydrogen (secondary N) is 1. The van der Waals surface area contributed by atoms with E-state index in [4.69, 9.17) is 4.74 Å². The van der Waals surface area contributed by atoms with Crippen LogP contribution in [0.5, 0.6) is 5.75 Å². The summed E-state index contributed by atoms with van der Waals surface area (Å²) in [5.41, 5.74) is -0.0258. The van der Waals surface area contributed by atoms with Gasteiger partial charge < -0.3 is 15.2 Å². The number of benzene rings is 1. The van der Waals surface area contributed by atoms with Crippen molar-refractivity contribution in [1.82, 2.24) is 15.3 Å². The van der Waals surface area contributed by atoms with Gasteiger partial charge in [-0.1, -0.05) is 0 Å². The van der Waals surface area contributed by atoms with Crippen molar-refractivity contribution in [3.63, 3.8) is 0 Å². The molecule has 0 saturated heterocycles. The molecule has 0 spiro atoms. The average molecular weight is 421 g/mol. The van der Waals surface area contributed by atoms with Crippen molar-refractivity contribution >= 4 is 10.8 Å². The van der Waals surface area contributed by atoms with E-state index >= 15 is 0 Å². The molecule has 2 heterocycles. The van der Waals surface area contributed by atoms with E-state index in [0.29, 0.717) is 34.7 Å². The van der Waals surface area contributed by atoms with Crippen LogP contribution in [0.25, 0.3) is 10.8 Å². The molecule has 0 bridgehead atoms. The van der Waals surface area contributed by atoms with Crippen LogP contribution in [0.15, 0.2) is 42.9 Å². The maximum Gasteiger partial charge on any atom is 0.433 e. The number of nitrogens with zero attached hydrogens (tertiary/aromatic N) is 2. The molecule has 1 aliphatic carbocycles. The van der Waals surface area contributed by atoms with Gasteiger partial charge >= 0.3 is 6.18 Å². The molecule has 30 heavy (non-hydrogen) atoms. The van der Waals surface area contributed by atoms with E-state index < -0.39 is 17.7 Å². The summed E-state index contributed by atoms with van der Waals surface area (Å²) in [5, 5.41) is 14.1. The molecule has 0 amide bonds. The first-order valence-corrected chi connectivity index (χ1v) is 9.43. The van der Waals surface area contributed by atoms with Crippen molar-refractivity contribution in [3.05, 3.63) is 65.5 Å². The molecule has 158 valence electrons. The molecule has 0 atom stereocenters. The van der Waals surface area contributed by atoms with Gasteiger partial charge in [-0.15, -0.1) is 0 Å². The van der Waals surface area contributed by atoms with E-state index in [1.54, 1.807) is 18.5 Å². The van der Waals surface area contributed by atoms with Crippen molar-refractivity contribution in [2.45, 2.75) is 44.3 Å². The molecule has 9 heteroatoms. The average Bonchev–Trinajstić information content (AvgIpc) is 2.70. The fraction of sp³-hybridized carbons (Fsp3) is 0.333. The van der Waals surface area contributed by atoms with E-state index in [1.807, 2.05) is 0 Å². The molecule has 1 saturated carbocycles. The zero-order valence-corrected chi connectivity index (χ0v) is 15.8. The van der Waals surface area contributed by atoms with Crippen LogP contribution in [0.1, 0.15) is 29.7 Å². The van der Waals surface area contributed by atoms with Gasteiger partial charge in [-0.05, 0) is 42.0 Å². The number of halogens is 4. The largest absolute Gasteiger partial charge is 0.490 e. The maximum absolute atomic E-state index is 14.5. The van der Waals surface area contributed by atoms with Gasteiger partial charge in [0.1, 0.15) is 23.4 Å². The molecule has 2 N–H and O–H groups in total. The second-order valence-electron chi connectivity index (χ2n) is 7.24. The van der Waals surface area contributed by atoms with Crippen molar-refractivity contribution in [2.75, 3.05) is 0 Å². The predicted octanol–water partition coefficient (Wildman–Crippen LogP) is 3.98. The SMILES string of the molecule is OCc1cc(F)c(CNC2CC(Oc3ccnc(C(F)(F)F)c3)C2)c2ccncc12. The number of rotatable bonds is 6. The van der Waals surface area contributed by atoms with Crippen LogP contribution in [-0.2, 0) is 19.3 Å². The fourth-order valence-electron chi connectivity index (χ4n) is 3.58. The van der Waals surface area contributed by atoms with Gasteiger partial charge in [0, 0.05) is 48.2 Å². The van der Waals surface area contributed by atoms with Crippen LogP contribution < -0.4 is 10.1 Å². The first-order valence-electron chi connectivity index (χ1n) is 9.43. The number of aliphatic hydroxyl groups excluding tert-OH is 1. The summed E-state index contributed by atoms with van der Waals surface area (Å²) in [6, 6.07) is 5.37. The Balaban J connectivity index is 1.36. The molecular weight excluding hydrogens is 402 g/mol. The zero-order valence-electron chi connectivity index (χ0n) is 15.8. The normalized spacial score (nSPS) is 19.0. The van der Waals surface area contributed by atoms with E-state index in [1.165, 1.54) is 12.1 Å². The second-order valence-corrected chi connectivity index (χ2v) is 7.24. The Kier molecular flexibility index (Phi) is 5.57. The fourth-order valence-corrected chi connectivity index (χ4v) is 3.58. The first-order chi connectivity index (χ1) is 14.3. The lowest BCUT2D eigenvalue weighted by Crippen LogP contribution is -2.46. The third-order valence-electron chi connectivity index (χ3n) is 5.24. The van der Waals surface area contributed by atoms with Gasteiger partial charge in [-0.3, -0.25) is 9.97 Å². The van der Waals surface area contributed by atoms with Gasteiger partial charge in [0.2, 0.25) is 0 Å². The molecule has 2 aromatic heterocycles. The zero-order chi connectivity index (χ0) is 21.3. The molecule has 1 fully saturated rings. The third-order valence-corrected chi connectivity index (χ3v) is 5.24. The number of fused-ring (bicyclic) bond motifs is 1. The summed E-state index contributed by atoms with van der Waals surface area (Å²) in [5.74, 6) is -0.279. The number of aromatic nitrogens is 2. The standard InChI is InChI=1S/C21H19F4N3O2/c22-19-5-12(11-29)17-9-26-3-2-16(17)18(19)10-28-13-6-15(7-13)30-14-1-4-27-20(8-14)21(23,24)25/h1-5,8-9,13,15,28-29H,6-7,10-11H2. The monoisotopic (exact) mass is 421 g/mol. The molecule has 0 unspecified atom stereocenters. The molecule has 4 rings (SSSR count). The minimum absolute atomic E-state index is 0.0627. The Morgan fingerprint density at radius 2 is 1.93 bits per heavy atom. The van der Waals surface area contributed by atoms with Crippen molar-refractivity contribution in [2.24, 2.45) is 0 Å². The smallest absolute Gasteiger partial charge is 0.433 e. The highest BCUT2D eigenvalue weighted by molar-refractivity contribution is 5.88. The van der Waals surface area contributed by atoms with Gasteiger partial charge in [0.15, 0.2) is 0 Å². The van der Waals surface area contributed by atoms with Gasteiger partial charge in [-0.2, -0.15) is 13.2 Å². The van der Waals surface area contributed by atoms with Crippen molar-refractivity contribution < 1.29 is 27.4 Å². The Morgan fingerprint density at radius 1 is 1.13 bits per heavy atom. The topological polar surface area (TPSA) is 67.3 Å². The lowest BCUT2D eigenvalue weighted by Gasteiger charge is -2.36. The number of aliphatic hydroxyl groups is 1. The lowest BCUT2D eigenvalue weighted by molar-refractivity contribution is -0.141. The number of hydrogen-bond donors (Lipinski definition) is 2. The Labute approximate surface area is 169 Å². The number of ether oxygens (including phenoxy) is 1. The van der Waals surface area contributed by atoms with Crippen LogP contribution in [0.2, 0.25) is 0 Å². The number of alkyl halides is 3. The number of hydrogen-bond acceptors (Lipinski definition) is 5. The minimum Gasteiger partial charge on any atom is -0.490 e. The van der Waals surface area contributed by atoms with Crippen LogP contribution >= 0.6 is 0 Å². The third kappa shape index (κ3) is 4.22. The van der Waals surface area contributed by atoms with Crippen molar-refractivity contribution in [3.8, 4) is 5.75 Å². The summed E-state index contributed by atoms with van der Waals surface area (Å²) in [4.78, 5) is 7.35. The summed E-state index contributed by atoms with van der Waals surface area (Å²) >= 11 is 0. The second kappa shape index (κ2) is 8.16.